The van der Waals surface area contributed by atoms with Gasteiger partial charge in [0.2, 0.25) is 0 Å². The van der Waals surface area contributed by atoms with Gasteiger partial charge in [-0.05, 0) is 17.7 Å². The molecule has 14 heteroatoms. The molecule has 1 aromatic heterocycles. The summed E-state index contributed by atoms with van der Waals surface area (Å²) in [6.45, 7) is -0.571. The van der Waals surface area contributed by atoms with Crippen LogP contribution in [0.3, 0.4) is 0 Å². The third-order valence-electron chi connectivity index (χ3n) is 4.60. The summed E-state index contributed by atoms with van der Waals surface area (Å²) in [6.07, 6.45) is -16.1. The van der Waals surface area contributed by atoms with E-state index in [-0.39, 0.29) is 17.7 Å². The number of nitrogens with two attached hydrogens (primary N) is 1. The fourth-order valence-corrected chi connectivity index (χ4v) is 3.36. The van der Waals surface area contributed by atoms with Crippen molar-refractivity contribution in [1.29, 1.82) is 0 Å². The van der Waals surface area contributed by atoms with Crippen LogP contribution in [0.2, 0.25) is 5.02 Å². The van der Waals surface area contributed by atoms with Crippen molar-refractivity contribution >= 4 is 17.3 Å². The molecule has 2 aromatic carbocycles. The van der Waals surface area contributed by atoms with E-state index in [1.165, 1.54) is 24.3 Å². The number of hydrogen-bond acceptors (Lipinski definition) is 3. The highest BCUT2D eigenvalue weighted by atomic mass is 35.5. The number of rotatable bonds is 3. The van der Waals surface area contributed by atoms with Gasteiger partial charge in [-0.15, -0.1) is 0 Å². The van der Waals surface area contributed by atoms with Gasteiger partial charge in [0, 0.05) is 5.56 Å². The highest BCUT2D eigenvalue weighted by Gasteiger charge is 2.42. The summed E-state index contributed by atoms with van der Waals surface area (Å²) < 4.78 is 121. The third kappa shape index (κ3) is 4.98. The maximum absolute atomic E-state index is 13.4. The van der Waals surface area contributed by atoms with E-state index in [0.29, 0.717) is 4.57 Å². The fraction of sp³-hybridized carbons (Fsp3) is 0.200. The van der Waals surface area contributed by atoms with Crippen molar-refractivity contribution < 1.29 is 39.5 Å². The van der Waals surface area contributed by atoms with Crippen LogP contribution in [-0.2, 0) is 25.1 Å². The molecule has 0 unspecified atom stereocenters. The molecular weight excluding hydrogens is 505 g/mol. The van der Waals surface area contributed by atoms with E-state index < -0.39 is 69.6 Å². The Bertz CT molecular complexity index is 1280. The molecule has 3 aromatic rings. The molecule has 0 amide bonds. The van der Waals surface area contributed by atoms with Crippen LogP contribution in [0.4, 0.5) is 45.2 Å². The summed E-state index contributed by atoms with van der Waals surface area (Å²) in [5.41, 5.74) is -4.32. The lowest BCUT2D eigenvalue weighted by atomic mass is 10.0. The highest BCUT2D eigenvalue weighted by Crippen LogP contribution is 2.44. The Balaban J connectivity index is 2.46. The largest absolute Gasteiger partial charge is 0.435 e. The number of nitrogens with zero attached hydrogens (tertiary/aromatic N) is 2. The van der Waals surface area contributed by atoms with Crippen LogP contribution in [0.25, 0.3) is 11.4 Å². The molecular formula is C20H11ClF9N3O. The zero-order chi connectivity index (χ0) is 25.6. The Hall–Kier alpha value is -3.22. The van der Waals surface area contributed by atoms with Crippen LogP contribution in [-0.4, -0.2) is 9.55 Å². The lowest BCUT2D eigenvalue weighted by Crippen LogP contribution is -2.31. The molecule has 0 spiro atoms. The van der Waals surface area contributed by atoms with Crippen LogP contribution in [0.15, 0.2) is 47.3 Å². The molecule has 34 heavy (non-hydrogen) atoms. The lowest BCUT2D eigenvalue weighted by molar-refractivity contribution is -0.143. The molecule has 0 fully saturated rings. The van der Waals surface area contributed by atoms with Crippen LogP contribution in [0.1, 0.15) is 22.4 Å². The van der Waals surface area contributed by atoms with E-state index in [2.05, 4.69) is 4.98 Å². The maximum Gasteiger partial charge on any atom is 0.435 e. The molecule has 0 aliphatic carbocycles. The summed E-state index contributed by atoms with van der Waals surface area (Å²) in [7, 11) is 0. The molecule has 2 N–H and O–H groups in total. The van der Waals surface area contributed by atoms with Crippen molar-refractivity contribution in [2.24, 2.45) is 0 Å². The van der Waals surface area contributed by atoms with Crippen molar-refractivity contribution in [3.63, 3.8) is 0 Å². The Kier molecular flexibility index (Phi) is 6.37. The lowest BCUT2D eigenvalue weighted by Gasteiger charge is -2.20. The first-order chi connectivity index (χ1) is 15.5. The summed E-state index contributed by atoms with van der Waals surface area (Å²) in [4.78, 5) is 15.9. The summed E-state index contributed by atoms with van der Waals surface area (Å²) in [5, 5.41) is -1.37. The highest BCUT2D eigenvalue weighted by molar-refractivity contribution is 6.34. The van der Waals surface area contributed by atoms with Crippen molar-refractivity contribution in [3.05, 3.63) is 80.2 Å². The number of hydrogen-bond donors (Lipinski definition) is 1. The molecule has 0 aliphatic rings. The van der Waals surface area contributed by atoms with Crippen molar-refractivity contribution in [1.82, 2.24) is 9.55 Å². The normalized spacial score (nSPS) is 12.8. The van der Waals surface area contributed by atoms with Crippen LogP contribution in [0.5, 0.6) is 0 Å². The summed E-state index contributed by atoms with van der Waals surface area (Å²) in [5.74, 6) is -1.17. The summed E-state index contributed by atoms with van der Waals surface area (Å²) >= 11 is 5.73. The van der Waals surface area contributed by atoms with Crippen LogP contribution in [0, 0.1) is 0 Å². The predicted molar refractivity (Wildman–Crippen MR) is 104 cm³/mol. The quantitative estimate of drug-likeness (QED) is 0.419. The minimum Gasteiger partial charge on any atom is -0.392 e. The van der Waals surface area contributed by atoms with Gasteiger partial charge in [0.25, 0.3) is 5.56 Å². The first-order valence-corrected chi connectivity index (χ1v) is 9.39. The number of alkyl halides is 9. The monoisotopic (exact) mass is 515 g/mol. The Morgan fingerprint density at radius 2 is 1.47 bits per heavy atom. The number of nitrogen functional groups attached to an aromatic ring is 1. The van der Waals surface area contributed by atoms with E-state index in [1.807, 2.05) is 0 Å². The van der Waals surface area contributed by atoms with Gasteiger partial charge in [-0.1, -0.05) is 41.9 Å². The molecule has 4 nitrogen and oxygen atoms in total. The standard InChI is InChI=1S/C20H11ClF9N3O/c21-13-11(6-10(18(22,23)24)7-12(13)19(25,26)27)16-32-15(20(28,29)30)14(31)17(34)33(16)8-9-4-2-1-3-5-9/h1-7H,8,31H2. The van der Waals surface area contributed by atoms with Crippen LogP contribution < -0.4 is 11.3 Å². The van der Waals surface area contributed by atoms with E-state index in [0.717, 1.165) is 0 Å². The average molecular weight is 516 g/mol. The van der Waals surface area contributed by atoms with Gasteiger partial charge in [-0.2, -0.15) is 39.5 Å². The Morgan fingerprint density at radius 1 is 0.882 bits per heavy atom. The maximum atomic E-state index is 13.4. The van der Waals surface area contributed by atoms with Gasteiger partial charge in [0.05, 0.1) is 22.7 Å². The van der Waals surface area contributed by atoms with Crippen molar-refractivity contribution in [2.75, 3.05) is 5.73 Å². The Labute approximate surface area is 189 Å². The van der Waals surface area contributed by atoms with Gasteiger partial charge in [-0.25, -0.2) is 4.98 Å². The molecule has 0 bridgehead atoms. The first kappa shape index (κ1) is 25.4. The minimum absolute atomic E-state index is 0.0944. The van der Waals surface area contributed by atoms with Crippen molar-refractivity contribution in [2.45, 2.75) is 25.1 Å². The molecule has 3 rings (SSSR count). The molecule has 0 saturated carbocycles. The van der Waals surface area contributed by atoms with Crippen molar-refractivity contribution in [3.8, 4) is 11.4 Å². The number of aromatic nitrogens is 2. The molecule has 0 atom stereocenters. The van der Waals surface area contributed by atoms with Gasteiger partial charge in [0.15, 0.2) is 5.69 Å². The van der Waals surface area contributed by atoms with Gasteiger partial charge < -0.3 is 5.73 Å². The van der Waals surface area contributed by atoms with E-state index >= 15 is 0 Å². The third-order valence-corrected chi connectivity index (χ3v) is 5.01. The SMILES string of the molecule is Nc1c(C(F)(F)F)nc(-c2cc(C(F)(F)F)cc(C(F)(F)F)c2Cl)n(Cc2ccccc2)c1=O. The number of anilines is 1. The average Bonchev–Trinajstić information content (AvgIpc) is 2.70. The minimum atomic E-state index is -5.40. The molecule has 0 aliphatic heterocycles. The van der Waals surface area contributed by atoms with E-state index in [1.54, 1.807) is 6.07 Å². The van der Waals surface area contributed by atoms with Gasteiger partial charge in [-0.3, -0.25) is 9.36 Å². The van der Waals surface area contributed by atoms with Crippen LogP contribution >= 0.6 is 11.6 Å². The van der Waals surface area contributed by atoms with E-state index in [9.17, 15) is 44.3 Å². The van der Waals surface area contributed by atoms with Gasteiger partial charge in [0.1, 0.15) is 11.5 Å². The second kappa shape index (κ2) is 8.53. The second-order valence-electron chi connectivity index (χ2n) is 6.95. The molecule has 0 radical (unpaired) electrons. The smallest absolute Gasteiger partial charge is 0.392 e. The molecule has 182 valence electrons. The molecule has 1 heterocycles. The zero-order valence-electron chi connectivity index (χ0n) is 16.4. The van der Waals surface area contributed by atoms with E-state index in [4.69, 9.17) is 17.3 Å². The Morgan fingerprint density at radius 3 is 1.97 bits per heavy atom. The fourth-order valence-electron chi connectivity index (χ4n) is 3.06. The predicted octanol–water partition coefficient (Wildman–Crippen LogP) is 6.25. The summed E-state index contributed by atoms with van der Waals surface area (Å²) in [6, 6.07) is 7.17. The van der Waals surface area contributed by atoms with Gasteiger partial charge >= 0.3 is 18.5 Å². The topological polar surface area (TPSA) is 60.9 Å². The zero-order valence-corrected chi connectivity index (χ0v) is 17.2. The number of halogens is 10. The first-order valence-electron chi connectivity index (χ1n) is 9.01. The number of benzene rings is 2. The second-order valence-corrected chi connectivity index (χ2v) is 7.33. The molecule has 0 saturated heterocycles.